The molecule has 38 heavy (non-hydrogen) atoms. The van der Waals surface area contributed by atoms with Crippen molar-refractivity contribution in [3.63, 3.8) is 0 Å². The van der Waals surface area contributed by atoms with Crippen molar-refractivity contribution < 1.29 is 31.1 Å². The Bertz CT molecular complexity index is 1530. The molecule has 0 aliphatic rings. The quantitative estimate of drug-likeness (QED) is 0.258. The van der Waals surface area contributed by atoms with Crippen molar-refractivity contribution in [1.29, 1.82) is 0 Å². The molecule has 0 unspecified atom stereocenters. The second kappa shape index (κ2) is 11.1. The first-order valence-corrected chi connectivity index (χ1v) is 13.4. The molecule has 0 aliphatic carbocycles. The first-order valence-electron chi connectivity index (χ1n) is 11.7. The number of sulfone groups is 1. The zero-order valence-electron chi connectivity index (χ0n) is 20.3. The number of hydrogen-bond donors (Lipinski definition) is 1. The molecule has 1 amide bonds. The number of carbonyl (C=O) groups is 1. The lowest BCUT2D eigenvalue weighted by molar-refractivity contribution is -0.137. The lowest BCUT2D eigenvalue weighted by atomic mass is 10.0. The van der Waals surface area contributed by atoms with Gasteiger partial charge in [-0.3, -0.25) is 4.79 Å². The number of rotatable bonds is 8. The zero-order chi connectivity index (χ0) is 27.3. The van der Waals surface area contributed by atoms with E-state index < -0.39 is 21.6 Å². The number of amides is 1. The minimum Gasteiger partial charge on any atom is -0.457 e. The van der Waals surface area contributed by atoms with Crippen LogP contribution >= 0.6 is 0 Å². The molecular weight excluding hydrogens is 515 g/mol. The Morgan fingerprint density at radius 3 is 2.24 bits per heavy atom. The Balaban J connectivity index is 1.58. The van der Waals surface area contributed by atoms with Crippen LogP contribution in [0.25, 0.3) is 11.1 Å². The summed E-state index contributed by atoms with van der Waals surface area (Å²) in [5.41, 5.74) is 1.60. The molecule has 0 spiro atoms. The van der Waals surface area contributed by atoms with E-state index in [1.54, 1.807) is 37.3 Å². The van der Waals surface area contributed by atoms with Crippen LogP contribution in [0.2, 0.25) is 0 Å². The first kappa shape index (κ1) is 26.9. The summed E-state index contributed by atoms with van der Waals surface area (Å²) in [6.45, 7) is 1.56. The van der Waals surface area contributed by atoms with Gasteiger partial charge < -0.3 is 10.1 Å². The third kappa shape index (κ3) is 6.60. The van der Waals surface area contributed by atoms with Gasteiger partial charge in [-0.25, -0.2) is 8.42 Å². The predicted molar refractivity (Wildman–Crippen MR) is 140 cm³/mol. The zero-order valence-corrected chi connectivity index (χ0v) is 21.1. The molecule has 0 fully saturated rings. The van der Waals surface area contributed by atoms with Crippen molar-refractivity contribution in [3.8, 4) is 22.6 Å². The van der Waals surface area contributed by atoms with Crippen LogP contribution in [0.1, 0.15) is 18.1 Å². The average molecular weight is 540 g/mol. The number of ether oxygens (including phenoxy) is 1. The van der Waals surface area contributed by atoms with Crippen LogP contribution in [0.5, 0.6) is 11.5 Å². The second-order valence-corrected chi connectivity index (χ2v) is 10.8. The van der Waals surface area contributed by atoms with Crippen molar-refractivity contribution >= 4 is 21.4 Å². The second-order valence-electron chi connectivity index (χ2n) is 8.48. The number of benzene rings is 4. The van der Waals surface area contributed by atoms with Gasteiger partial charge in [-0.2, -0.15) is 13.2 Å². The Morgan fingerprint density at radius 1 is 0.868 bits per heavy atom. The van der Waals surface area contributed by atoms with Gasteiger partial charge in [0.1, 0.15) is 11.5 Å². The van der Waals surface area contributed by atoms with Crippen molar-refractivity contribution in [2.45, 2.75) is 24.4 Å². The van der Waals surface area contributed by atoms with Crippen LogP contribution in [0, 0.1) is 0 Å². The van der Waals surface area contributed by atoms with Gasteiger partial charge in [-0.05, 0) is 53.6 Å². The van der Waals surface area contributed by atoms with Crippen LogP contribution in [0.4, 0.5) is 18.9 Å². The monoisotopic (exact) mass is 539 g/mol. The van der Waals surface area contributed by atoms with E-state index in [1.165, 1.54) is 24.3 Å². The molecule has 0 bridgehead atoms. The van der Waals surface area contributed by atoms with E-state index in [-0.39, 0.29) is 34.5 Å². The third-order valence-electron chi connectivity index (χ3n) is 5.77. The van der Waals surface area contributed by atoms with Gasteiger partial charge in [-0.15, -0.1) is 0 Å². The van der Waals surface area contributed by atoms with Gasteiger partial charge in [0, 0.05) is 17.3 Å². The van der Waals surface area contributed by atoms with Crippen molar-refractivity contribution in [3.05, 3.63) is 108 Å². The molecule has 196 valence electrons. The van der Waals surface area contributed by atoms with Gasteiger partial charge in [0.2, 0.25) is 5.91 Å². The summed E-state index contributed by atoms with van der Waals surface area (Å²) in [5, 5.41) is 2.77. The van der Waals surface area contributed by atoms with Crippen LogP contribution in [0.3, 0.4) is 0 Å². The molecule has 0 atom stereocenters. The highest BCUT2D eigenvalue weighted by Crippen LogP contribution is 2.37. The van der Waals surface area contributed by atoms with E-state index in [0.29, 0.717) is 16.8 Å². The fraction of sp³-hybridized carbons (Fsp3) is 0.138. The van der Waals surface area contributed by atoms with Crippen LogP contribution in [0.15, 0.2) is 102 Å². The SMILES string of the molecule is CCS(=O)(=O)c1ccc(CC(=O)Nc2ccc(-c3ccccc3)c(Oc3cccc(C(F)(F)F)c3)c2)cc1. The summed E-state index contributed by atoms with van der Waals surface area (Å²) in [6.07, 6.45) is -4.52. The Morgan fingerprint density at radius 2 is 1.58 bits per heavy atom. The Hall–Kier alpha value is -4.11. The van der Waals surface area contributed by atoms with Crippen LogP contribution in [-0.2, 0) is 27.2 Å². The molecule has 4 aromatic carbocycles. The molecule has 4 aromatic rings. The summed E-state index contributed by atoms with van der Waals surface area (Å²) < 4.78 is 69.5. The smallest absolute Gasteiger partial charge is 0.416 e. The van der Waals surface area contributed by atoms with E-state index in [2.05, 4.69) is 5.32 Å². The lowest BCUT2D eigenvalue weighted by Gasteiger charge is -2.15. The van der Waals surface area contributed by atoms with Gasteiger partial charge in [-0.1, -0.05) is 55.5 Å². The highest BCUT2D eigenvalue weighted by Gasteiger charge is 2.30. The summed E-state index contributed by atoms with van der Waals surface area (Å²) in [4.78, 5) is 12.9. The van der Waals surface area contributed by atoms with Crippen molar-refractivity contribution in [2.24, 2.45) is 0 Å². The number of alkyl halides is 3. The van der Waals surface area contributed by atoms with E-state index in [0.717, 1.165) is 17.7 Å². The summed E-state index contributed by atoms with van der Waals surface area (Å²) in [5.74, 6) is -0.102. The van der Waals surface area contributed by atoms with E-state index in [4.69, 9.17) is 4.74 Å². The fourth-order valence-electron chi connectivity index (χ4n) is 3.78. The number of carbonyl (C=O) groups excluding carboxylic acids is 1. The molecule has 0 saturated carbocycles. The molecule has 0 saturated heterocycles. The molecule has 1 N–H and O–H groups in total. The maximum atomic E-state index is 13.2. The summed E-state index contributed by atoms with van der Waals surface area (Å²) >= 11 is 0. The topological polar surface area (TPSA) is 72.5 Å². The number of halogens is 3. The molecule has 0 radical (unpaired) electrons. The van der Waals surface area contributed by atoms with E-state index in [1.807, 2.05) is 30.3 Å². The van der Waals surface area contributed by atoms with Crippen LogP contribution in [-0.4, -0.2) is 20.1 Å². The highest BCUT2D eigenvalue weighted by atomic mass is 32.2. The predicted octanol–water partition coefficient (Wildman–Crippen LogP) is 7.14. The summed E-state index contributed by atoms with van der Waals surface area (Å²) in [7, 11) is -3.34. The molecule has 0 aromatic heterocycles. The minimum absolute atomic E-state index is 0.00241. The molecule has 5 nitrogen and oxygen atoms in total. The molecule has 4 rings (SSSR count). The number of nitrogens with one attached hydrogen (secondary N) is 1. The molecular formula is C29H24F3NO4S. The van der Waals surface area contributed by atoms with E-state index in [9.17, 15) is 26.4 Å². The molecule has 0 aliphatic heterocycles. The number of anilines is 1. The maximum Gasteiger partial charge on any atom is 0.416 e. The van der Waals surface area contributed by atoms with Gasteiger partial charge in [0.05, 0.1) is 22.6 Å². The van der Waals surface area contributed by atoms with Crippen molar-refractivity contribution in [2.75, 3.05) is 11.1 Å². The molecule has 0 heterocycles. The van der Waals surface area contributed by atoms with Gasteiger partial charge >= 0.3 is 6.18 Å². The average Bonchev–Trinajstić information content (AvgIpc) is 2.89. The Labute approximate surface area is 218 Å². The highest BCUT2D eigenvalue weighted by molar-refractivity contribution is 7.91. The van der Waals surface area contributed by atoms with E-state index >= 15 is 0 Å². The lowest BCUT2D eigenvalue weighted by Crippen LogP contribution is -2.14. The Kier molecular flexibility index (Phi) is 7.87. The van der Waals surface area contributed by atoms with Gasteiger partial charge in [0.25, 0.3) is 0 Å². The summed E-state index contributed by atoms with van der Waals surface area (Å²) in [6, 6.07) is 24.8. The van der Waals surface area contributed by atoms with Crippen LogP contribution < -0.4 is 10.1 Å². The first-order chi connectivity index (χ1) is 18.0. The van der Waals surface area contributed by atoms with Crippen molar-refractivity contribution in [1.82, 2.24) is 0 Å². The van der Waals surface area contributed by atoms with Gasteiger partial charge in [0.15, 0.2) is 9.84 Å². The number of hydrogen-bond acceptors (Lipinski definition) is 4. The normalized spacial score (nSPS) is 11.7. The largest absolute Gasteiger partial charge is 0.457 e. The minimum atomic E-state index is -4.52. The fourth-order valence-corrected chi connectivity index (χ4v) is 4.66. The third-order valence-corrected chi connectivity index (χ3v) is 7.52. The molecule has 9 heteroatoms. The maximum absolute atomic E-state index is 13.2. The standard InChI is InChI=1S/C29H24F3NO4S/c1-2-38(35,36)25-14-11-20(12-15-25)17-28(34)33-23-13-16-26(21-7-4-3-5-8-21)27(19-23)37-24-10-6-9-22(18-24)29(30,31)32/h3-16,18-19H,2,17H2,1H3,(H,33,34).